The summed E-state index contributed by atoms with van der Waals surface area (Å²) in [7, 11) is 1.89. The summed E-state index contributed by atoms with van der Waals surface area (Å²) in [4.78, 5) is 0. The molecule has 1 atom stereocenters. The predicted octanol–water partition coefficient (Wildman–Crippen LogP) is 4.30. The van der Waals surface area contributed by atoms with E-state index in [0.717, 1.165) is 25.8 Å². The summed E-state index contributed by atoms with van der Waals surface area (Å²) >= 11 is 0. The fourth-order valence-electron chi connectivity index (χ4n) is 3.52. The van der Waals surface area contributed by atoms with Crippen molar-refractivity contribution in [3.8, 4) is 0 Å². The highest BCUT2D eigenvalue weighted by Crippen LogP contribution is 2.43. The lowest BCUT2D eigenvalue weighted by molar-refractivity contribution is -0.0369. The lowest BCUT2D eigenvalue weighted by Gasteiger charge is -2.38. The Morgan fingerprint density at radius 1 is 1.25 bits per heavy atom. The zero-order valence-corrected chi connectivity index (χ0v) is 13.5. The molecule has 0 amide bonds. The second-order valence-corrected chi connectivity index (χ2v) is 6.22. The average molecular weight is 275 g/mol. The number of nitrogens with one attached hydrogen (secondary N) is 1. The molecule has 1 aromatic carbocycles. The Morgan fingerprint density at radius 3 is 2.55 bits per heavy atom. The Kier molecular flexibility index (Phi) is 5.22. The van der Waals surface area contributed by atoms with Crippen molar-refractivity contribution >= 4 is 0 Å². The third kappa shape index (κ3) is 3.07. The third-order valence-corrected chi connectivity index (χ3v) is 4.73. The standard InChI is InChI=1S/C18H29NO/c1-5-12-19-17(18(20-4)10-6-7-11-18)16-13-14(2)8-9-15(16)3/h8-9,13,17,19H,5-7,10-12H2,1-4H3. The van der Waals surface area contributed by atoms with E-state index in [1.165, 1.54) is 29.5 Å². The molecule has 1 N–H and O–H groups in total. The van der Waals surface area contributed by atoms with Gasteiger partial charge in [-0.15, -0.1) is 0 Å². The molecular weight excluding hydrogens is 246 g/mol. The predicted molar refractivity (Wildman–Crippen MR) is 85.2 cm³/mol. The molecule has 0 radical (unpaired) electrons. The van der Waals surface area contributed by atoms with Crippen LogP contribution in [0.1, 0.15) is 61.8 Å². The molecule has 1 fully saturated rings. The Morgan fingerprint density at radius 2 is 1.95 bits per heavy atom. The van der Waals surface area contributed by atoms with Crippen molar-refractivity contribution in [2.24, 2.45) is 0 Å². The van der Waals surface area contributed by atoms with Crippen LogP contribution in [-0.2, 0) is 4.74 Å². The Balaban J connectivity index is 2.38. The van der Waals surface area contributed by atoms with Gasteiger partial charge in [0.25, 0.3) is 0 Å². The van der Waals surface area contributed by atoms with E-state index in [4.69, 9.17) is 4.74 Å². The monoisotopic (exact) mass is 275 g/mol. The van der Waals surface area contributed by atoms with E-state index >= 15 is 0 Å². The van der Waals surface area contributed by atoms with E-state index < -0.39 is 0 Å². The minimum Gasteiger partial charge on any atom is -0.376 e. The highest BCUT2D eigenvalue weighted by atomic mass is 16.5. The van der Waals surface area contributed by atoms with E-state index in [-0.39, 0.29) is 5.60 Å². The first-order valence-corrected chi connectivity index (χ1v) is 7.98. The molecule has 1 saturated carbocycles. The van der Waals surface area contributed by atoms with Crippen LogP contribution >= 0.6 is 0 Å². The number of hydrogen-bond donors (Lipinski definition) is 1. The highest BCUT2D eigenvalue weighted by Gasteiger charge is 2.42. The summed E-state index contributed by atoms with van der Waals surface area (Å²) in [6.07, 6.45) is 6.05. The molecular formula is C18H29NO. The summed E-state index contributed by atoms with van der Waals surface area (Å²) in [6.45, 7) is 7.66. The van der Waals surface area contributed by atoms with E-state index in [0.29, 0.717) is 6.04 Å². The van der Waals surface area contributed by atoms with Crippen molar-refractivity contribution in [1.82, 2.24) is 5.32 Å². The molecule has 20 heavy (non-hydrogen) atoms. The Labute approximate surface area is 123 Å². The zero-order valence-electron chi connectivity index (χ0n) is 13.5. The van der Waals surface area contributed by atoms with Crippen LogP contribution in [0.25, 0.3) is 0 Å². The van der Waals surface area contributed by atoms with E-state index in [1.54, 1.807) is 0 Å². The van der Waals surface area contributed by atoms with Gasteiger partial charge in [-0.2, -0.15) is 0 Å². The van der Waals surface area contributed by atoms with Gasteiger partial charge in [0.15, 0.2) is 0 Å². The molecule has 0 aromatic heterocycles. The molecule has 2 heteroatoms. The molecule has 2 rings (SSSR count). The molecule has 1 aliphatic rings. The topological polar surface area (TPSA) is 21.3 Å². The lowest BCUT2D eigenvalue weighted by atomic mass is 9.84. The summed E-state index contributed by atoms with van der Waals surface area (Å²) in [5.74, 6) is 0. The number of benzene rings is 1. The van der Waals surface area contributed by atoms with Crippen molar-refractivity contribution in [3.63, 3.8) is 0 Å². The van der Waals surface area contributed by atoms with Crippen LogP contribution in [0, 0.1) is 13.8 Å². The van der Waals surface area contributed by atoms with Crippen LogP contribution in [0.3, 0.4) is 0 Å². The molecule has 0 heterocycles. The normalized spacial score (nSPS) is 19.2. The SMILES string of the molecule is CCCNC(c1cc(C)ccc1C)C1(OC)CCCC1. The van der Waals surface area contributed by atoms with Gasteiger partial charge in [-0.05, 0) is 50.8 Å². The van der Waals surface area contributed by atoms with Crippen LogP contribution in [0.15, 0.2) is 18.2 Å². The van der Waals surface area contributed by atoms with E-state index in [9.17, 15) is 0 Å². The Hall–Kier alpha value is -0.860. The minimum atomic E-state index is -0.0201. The summed E-state index contributed by atoms with van der Waals surface area (Å²) in [6, 6.07) is 7.09. The largest absolute Gasteiger partial charge is 0.376 e. The van der Waals surface area contributed by atoms with Crippen molar-refractivity contribution in [3.05, 3.63) is 34.9 Å². The van der Waals surface area contributed by atoms with Gasteiger partial charge in [0.1, 0.15) is 0 Å². The molecule has 0 bridgehead atoms. The fraction of sp³-hybridized carbons (Fsp3) is 0.667. The van der Waals surface area contributed by atoms with Crippen LogP contribution in [0.2, 0.25) is 0 Å². The van der Waals surface area contributed by atoms with Gasteiger partial charge in [0, 0.05) is 7.11 Å². The van der Waals surface area contributed by atoms with Gasteiger partial charge >= 0.3 is 0 Å². The van der Waals surface area contributed by atoms with Crippen LogP contribution in [0.4, 0.5) is 0 Å². The van der Waals surface area contributed by atoms with Gasteiger partial charge in [-0.1, -0.05) is 43.5 Å². The lowest BCUT2D eigenvalue weighted by Crippen LogP contribution is -2.44. The Bertz CT molecular complexity index is 435. The summed E-state index contributed by atoms with van der Waals surface area (Å²) in [5.41, 5.74) is 4.10. The maximum atomic E-state index is 6.04. The maximum absolute atomic E-state index is 6.04. The van der Waals surface area contributed by atoms with Crippen LogP contribution in [-0.4, -0.2) is 19.3 Å². The molecule has 0 saturated heterocycles. The van der Waals surface area contributed by atoms with E-state index in [1.807, 2.05) is 7.11 Å². The smallest absolute Gasteiger partial charge is 0.0872 e. The van der Waals surface area contributed by atoms with Gasteiger partial charge in [0.2, 0.25) is 0 Å². The maximum Gasteiger partial charge on any atom is 0.0872 e. The molecule has 112 valence electrons. The second-order valence-electron chi connectivity index (χ2n) is 6.22. The number of methoxy groups -OCH3 is 1. The summed E-state index contributed by atoms with van der Waals surface area (Å²) < 4.78 is 6.04. The van der Waals surface area contributed by atoms with E-state index in [2.05, 4.69) is 44.3 Å². The first-order chi connectivity index (χ1) is 9.63. The van der Waals surface area contributed by atoms with Gasteiger partial charge in [0.05, 0.1) is 11.6 Å². The van der Waals surface area contributed by atoms with Crippen molar-refractivity contribution < 1.29 is 4.74 Å². The molecule has 1 aliphatic carbocycles. The summed E-state index contributed by atoms with van der Waals surface area (Å²) in [5, 5.41) is 3.76. The highest BCUT2D eigenvalue weighted by molar-refractivity contribution is 5.35. The minimum absolute atomic E-state index is 0.0201. The second kappa shape index (κ2) is 6.73. The fourth-order valence-corrected chi connectivity index (χ4v) is 3.52. The quantitative estimate of drug-likeness (QED) is 0.835. The van der Waals surface area contributed by atoms with Crippen molar-refractivity contribution in [2.75, 3.05) is 13.7 Å². The van der Waals surface area contributed by atoms with Gasteiger partial charge < -0.3 is 10.1 Å². The van der Waals surface area contributed by atoms with Crippen LogP contribution in [0.5, 0.6) is 0 Å². The first-order valence-electron chi connectivity index (χ1n) is 7.98. The number of hydrogen-bond acceptors (Lipinski definition) is 2. The zero-order chi connectivity index (χ0) is 14.6. The number of rotatable bonds is 6. The van der Waals surface area contributed by atoms with Gasteiger partial charge in [-0.25, -0.2) is 0 Å². The molecule has 1 aromatic rings. The number of ether oxygens (including phenoxy) is 1. The van der Waals surface area contributed by atoms with Crippen molar-refractivity contribution in [1.29, 1.82) is 0 Å². The van der Waals surface area contributed by atoms with Gasteiger partial charge in [-0.3, -0.25) is 0 Å². The average Bonchev–Trinajstić information content (AvgIpc) is 2.93. The molecule has 0 spiro atoms. The number of aryl methyl sites for hydroxylation is 2. The molecule has 0 aliphatic heterocycles. The first kappa shape index (κ1) is 15.5. The van der Waals surface area contributed by atoms with Crippen molar-refractivity contribution in [2.45, 2.75) is 64.5 Å². The molecule has 2 nitrogen and oxygen atoms in total. The van der Waals surface area contributed by atoms with Crippen LogP contribution < -0.4 is 5.32 Å². The third-order valence-electron chi connectivity index (χ3n) is 4.73. The molecule has 1 unspecified atom stereocenters.